The number of pyridine rings is 1. The monoisotopic (exact) mass is 403 g/mol. The van der Waals surface area contributed by atoms with Crippen LogP contribution in [-0.2, 0) is 9.59 Å². The summed E-state index contributed by atoms with van der Waals surface area (Å²) >= 11 is 0. The molecule has 2 aromatic carbocycles. The molecule has 0 spiro atoms. The van der Waals surface area contributed by atoms with Gasteiger partial charge in [0.05, 0.1) is 16.9 Å². The van der Waals surface area contributed by atoms with E-state index in [0.29, 0.717) is 28.2 Å². The van der Waals surface area contributed by atoms with Gasteiger partial charge in [0.2, 0.25) is 5.91 Å². The van der Waals surface area contributed by atoms with E-state index in [2.05, 4.69) is 10.3 Å². The molecule has 1 unspecified atom stereocenters. The lowest BCUT2D eigenvalue weighted by atomic mass is 10.0. The predicted octanol–water partition coefficient (Wildman–Crippen LogP) is 3.58. The zero-order valence-electron chi connectivity index (χ0n) is 16.7. The van der Waals surface area contributed by atoms with Crippen LogP contribution in [0.4, 0.5) is 11.4 Å². The molecular weight excluding hydrogens is 382 g/mol. The number of carbonyl (C=O) groups excluding carboxylic acids is 3. The van der Waals surface area contributed by atoms with Crippen molar-refractivity contribution >= 4 is 39.9 Å². The van der Waals surface area contributed by atoms with Gasteiger partial charge in [-0.05, 0) is 37.3 Å². The molecule has 1 aliphatic rings. The third-order valence-corrected chi connectivity index (χ3v) is 5.11. The van der Waals surface area contributed by atoms with E-state index in [1.54, 1.807) is 44.4 Å². The molecule has 3 aromatic rings. The summed E-state index contributed by atoms with van der Waals surface area (Å²) in [5, 5.41) is 3.76. The number of anilines is 2. The minimum atomic E-state index is -0.559. The fraction of sp³-hybridized carbons (Fsp3) is 0.217. The molecule has 0 bridgehead atoms. The summed E-state index contributed by atoms with van der Waals surface area (Å²) in [4.78, 5) is 42.9. The molecule has 7 heteroatoms. The number of hydrogen-bond acceptors (Lipinski definition) is 5. The number of para-hydroxylation sites is 1. The highest BCUT2D eigenvalue weighted by Crippen LogP contribution is 2.34. The van der Waals surface area contributed by atoms with Crippen LogP contribution in [0, 0.1) is 0 Å². The largest absolute Gasteiger partial charge is 0.479 e. The van der Waals surface area contributed by atoms with Crippen molar-refractivity contribution in [3.8, 4) is 5.75 Å². The molecule has 7 nitrogen and oxygen atoms in total. The van der Waals surface area contributed by atoms with Gasteiger partial charge in [-0.15, -0.1) is 0 Å². The van der Waals surface area contributed by atoms with Gasteiger partial charge in [0.25, 0.3) is 5.91 Å². The van der Waals surface area contributed by atoms with Crippen molar-refractivity contribution in [3.05, 3.63) is 60.3 Å². The second kappa shape index (κ2) is 7.94. The van der Waals surface area contributed by atoms with E-state index in [1.807, 2.05) is 24.3 Å². The van der Waals surface area contributed by atoms with E-state index in [9.17, 15) is 14.4 Å². The van der Waals surface area contributed by atoms with Gasteiger partial charge in [-0.2, -0.15) is 0 Å². The van der Waals surface area contributed by atoms with Crippen LogP contribution < -0.4 is 15.0 Å². The lowest BCUT2D eigenvalue weighted by molar-refractivity contribution is -0.125. The SMILES string of the molecule is CC1Oc2ccc(C(=O)CCC(=O)Nc3cccc4cccnc34)cc2N(C)C1=O. The smallest absolute Gasteiger partial charge is 0.267 e. The summed E-state index contributed by atoms with van der Waals surface area (Å²) in [5.74, 6) is -0.0510. The number of ether oxygens (including phenoxy) is 1. The number of benzene rings is 2. The third kappa shape index (κ3) is 3.74. The summed E-state index contributed by atoms with van der Waals surface area (Å²) in [6, 6.07) is 14.3. The molecule has 0 radical (unpaired) electrons. The fourth-order valence-electron chi connectivity index (χ4n) is 3.47. The number of ketones is 1. The highest BCUT2D eigenvalue weighted by Gasteiger charge is 2.29. The lowest BCUT2D eigenvalue weighted by Gasteiger charge is -2.30. The second-order valence-electron chi connectivity index (χ2n) is 7.19. The Morgan fingerprint density at radius 3 is 2.77 bits per heavy atom. The standard InChI is InChI=1S/C23H21N3O4/c1-14-23(29)26(2)18-13-16(8-10-20(18)30-14)19(27)9-11-21(28)25-17-7-3-5-15-6-4-12-24-22(15)17/h3-8,10,12-14H,9,11H2,1-2H3,(H,25,28). The number of hydrogen-bond donors (Lipinski definition) is 1. The Hall–Kier alpha value is -3.74. The Kier molecular flexibility index (Phi) is 5.18. The van der Waals surface area contributed by atoms with Gasteiger partial charge in [0.15, 0.2) is 11.9 Å². The summed E-state index contributed by atoms with van der Waals surface area (Å²) in [7, 11) is 1.65. The van der Waals surface area contributed by atoms with Crippen molar-refractivity contribution in [3.63, 3.8) is 0 Å². The molecule has 0 aliphatic carbocycles. The third-order valence-electron chi connectivity index (χ3n) is 5.11. The van der Waals surface area contributed by atoms with Crippen molar-refractivity contribution in [1.82, 2.24) is 4.98 Å². The first-order valence-electron chi connectivity index (χ1n) is 9.69. The number of rotatable bonds is 5. The van der Waals surface area contributed by atoms with Gasteiger partial charge >= 0.3 is 0 Å². The average molecular weight is 403 g/mol. The van der Waals surface area contributed by atoms with Crippen LogP contribution in [0.3, 0.4) is 0 Å². The number of nitrogens with zero attached hydrogens (tertiary/aromatic N) is 2. The Bertz CT molecular complexity index is 1150. The molecule has 0 saturated carbocycles. The zero-order chi connectivity index (χ0) is 21.3. The predicted molar refractivity (Wildman–Crippen MR) is 114 cm³/mol. The Balaban J connectivity index is 1.42. The molecule has 1 aromatic heterocycles. The van der Waals surface area contributed by atoms with E-state index in [0.717, 1.165) is 5.39 Å². The number of fused-ring (bicyclic) bond motifs is 2. The van der Waals surface area contributed by atoms with Crippen LogP contribution in [0.2, 0.25) is 0 Å². The maximum absolute atomic E-state index is 12.6. The van der Waals surface area contributed by atoms with Gasteiger partial charge in [0, 0.05) is 37.0 Å². The van der Waals surface area contributed by atoms with E-state index >= 15 is 0 Å². The Morgan fingerprint density at radius 1 is 1.13 bits per heavy atom. The van der Waals surface area contributed by atoms with Gasteiger partial charge < -0.3 is 15.0 Å². The maximum Gasteiger partial charge on any atom is 0.267 e. The lowest BCUT2D eigenvalue weighted by Crippen LogP contribution is -2.42. The maximum atomic E-state index is 12.6. The molecule has 1 aliphatic heterocycles. The number of nitrogens with one attached hydrogen (secondary N) is 1. The normalized spacial score (nSPS) is 15.5. The van der Waals surface area contributed by atoms with E-state index in [4.69, 9.17) is 4.74 Å². The topological polar surface area (TPSA) is 88.6 Å². The van der Waals surface area contributed by atoms with Crippen LogP contribution in [0.1, 0.15) is 30.1 Å². The molecule has 30 heavy (non-hydrogen) atoms. The summed E-state index contributed by atoms with van der Waals surface area (Å²) in [5.41, 5.74) is 2.31. The van der Waals surface area contributed by atoms with Crippen LogP contribution in [0.25, 0.3) is 10.9 Å². The molecule has 0 saturated heterocycles. The van der Waals surface area contributed by atoms with Crippen LogP contribution in [0.5, 0.6) is 5.75 Å². The minimum absolute atomic E-state index is 0.0431. The van der Waals surface area contributed by atoms with Gasteiger partial charge in [-0.1, -0.05) is 18.2 Å². The van der Waals surface area contributed by atoms with Crippen molar-refractivity contribution in [1.29, 1.82) is 0 Å². The Morgan fingerprint density at radius 2 is 1.93 bits per heavy atom. The fourth-order valence-corrected chi connectivity index (χ4v) is 3.47. The quantitative estimate of drug-likeness (QED) is 0.658. The van der Waals surface area contributed by atoms with Crippen LogP contribution >= 0.6 is 0 Å². The van der Waals surface area contributed by atoms with Crippen molar-refractivity contribution in [2.45, 2.75) is 25.9 Å². The molecule has 2 amide bonds. The van der Waals surface area contributed by atoms with Crippen LogP contribution in [-0.4, -0.2) is 35.7 Å². The first-order valence-corrected chi connectivity index (χ1v) is 9.69. The molecule has 2 heterocycles. The number of Topliss-reactive ketones (excluding diaryl/α,β-unsaturated/α-hetero) is 1. The minimum Gasteiger partial charge on any atom is -0.479 e. The van der Waals surface area contributed by atoms with E-state index in [-0.39, 0.29) is 30.4 Å². The van der Waals surface area contributed by atoms with Gasteiger partial charge in [-0.3, -0.25) is 19.4 Å². The number of likely N-dealkylation sites (N-methyl/N-ethyl adjacent to an activating group) is 1. The first kappa shape index (κ1) is 19.6. The molecule has 1 N–H and O–H groups in total. The molecule has 1 atom stereocenters. The Labute approximate surface area is 173 Å². The average Bonchev–Trinajstić information content (AvgIpc) is 2.76. The second-order valence-corrected chi connectivity index (χ2v) is 7.19. The number of amides is 2. The van der Waals surface area contributed by atoms with Crippen molar-refractivity contribution in [2.75, 3.05) is 17.3 Å². The molecule has 152 valence electrons. The van der Waals surface area contributed by atoms with Crippen LogP contribution in [0.15, 0.2) is 54.7 Å². The van der Waals surface area contributed by atoms with Gasteiger partial charge in [0.1, 0.15) is 5.75 Å². The van der Waals surface area contributed by atoms with E-state index in [1.165, 1.54) is 4.90 Å². The molecular formula is C23H21N3O4. The number of aromatic nitrogens is 1. The number of carbonyl (C=O) groups is 3. The van der Waals surface area contributed by atoms with E-state index < -0.39 is 6.10 Å². The van der Waals surface area contributed by atoms with Crippen molar-refractivity contribution in [2.24, 2.45) is 0 Å². The zero-order valence-corrected chi connectivity index (χ0v) is 16.7. The summed E-state index contributed by atoms with van der Waals surface area (Å²) in [6.07, 6.45) is 1.21. The highest BCUT2D eigenvalue weighted by molar-refractivity contribution is 6.05. The molecule has 4 rings (SSSR count). The van der Waals surface area contributed by atoms with Crippen molar-refractivity contribution < 1.29 is 19.1 Å². The molecule has 0 fully saturated rings. The summed E-state index contributed by atoms with van der Waals surface area (Å²) < 4.78 is 5.58. The highest BCUT2D eigenvalue weighted by atomic mass is 16.5. The first-order chi connectivity index (χ1) is 14.4. The summed E-state index contributed by atoms with van der Waals surface area (Å²) in [6.45, 7) is 1.69. The van der Waals surface area contributed by atoms with Gasteiger partial charge in [-0.25, -0.2) is 0 Å².